The lowest BCUT2D eigenvalue weighted by Crippen LogP contribution is -2.38. The van der Waals surface area contributed by atoms with Crippen LogP contribution >= 0.6 is 0 Å². The van der Waals surface area contributed by atoms with Crippen LogP contribution in [-0.2, 0) is 9.53 Å². The molecule has 0 N–H and O–H groups in total. The number of aryl methyl sites for hydroxylation is 1. The van der Waals surface area contributed by atoms with Crippen LogP contribution in [0.15, 0.2) is 130 Å². The van der Waals surface area contributed by atoms with Crippen molar-refractivity contribution in [1.29, 1.82) is 0 Å². The molecule has 0 spiro atoms. The first-order chi connectivity index (χ1) is 32.6. The largest absolute Gasteiger partial charge is 0.494 e. The van der Waals surface area contributed by atoms with E-state index < -0.39 is 0 Å². The van der Waals surface area contributed by atoms with Crippen LogP contribution in [0, 0.1) is 24.2 Å². The summed E-state index contributed by atoms with van der Waals surface area (Å²) in [6.07, 6.45) is 25.8. The number of hydrogen-bond donors (Lipinski definition) is 0. The van der Waals surface area contributed by atoms with Gasteiger partial charge in [-0.25, -0.2) is 0 Å². The quantitative estimate of drug-likeness (QED) is 0.0429. The summed E-state index contributed by atoms with van der Waals surface area (Å²) in [5, 5.41) is 2.45. The van der Waals surface area contributed by atoms with Crippen molar-refractivity contribution in [3.8, 4) is 16.9 Å². The number of ether oxygens (including phenoxy) is 2. The molecule has 356 valence electrons. The van der Waals surface area contributed by atoms with Crippen molar-refractivity contribution in [2.45, 2.75) is 117 Å². The molecule has 2 atom stereocenters. The van der Waals surface area contributed by atoms with Crippen molar-refractivity contribution >= 4 is 40.1 Å². The Morgan fingerprint density at radius 3 is 2.31 bits per heavy atom. The zero-order valence-electron chi connectivity index (χ0n) is 41.3. The summed E-state index contributed by atoms with van der Waals surface area (Å²) < 4.78 is 12.4. The highest BCUT2D eigenvalue weighted by Crippen LogP contribution is 2.59. The summed E-state index contributed by atoms with van der Waals surface area (Å²) in [5.74, 6) is 0.710. The van der Waals surface area contributed by atoms with Crippen molar-refractivity contribution < 1.29 is 20.5 Å². The third kappa shape index (κ3) is 13.7. The molecule has 6 heteroatoms. The van der Waals surface area contributed by atoms with Gasteiger partial charge in [-0.15, -0.1) is 18.9 Å². The third-order valence-electron chi connectivity index (χ3n) is 13.8. The Morgan fingerprint density at radius 2 is 1.67 bits per heavy atom. The highest BCUT2D eigenvalue weighted by Gasteiger charge is 2.53. The normalized spacial score (nSPS) is 17.8. The number of aromatic nitrogens is 1. The van der Waals surface area contributed by atoms with Crippen LogP contribution in [0.25, 0.3) is 39.6 Å². The minimum Gasteiger partial charge on any atom is -0.494 e. The second-order valence-corrected chi connectivity index (χ2v) is 18.2. The van der Waals surface area contributed by atoms with Crippen molar-refractivity contribution in [1.82, 2.24) is 9.88 Å². The number of piperidine rings is 1. The molecule has 8 rings (SSSR count). The summed E-state index contributed by atoms with van der Waals surface area (Å²) >= 11 is 0. The molecule has 3 aliphatic carbocycles. The van der Waals surface area contributed by atoms with Crippen LogP contribution in [0.4, 0.5) is 0 Å². The lowest BCUT2D eigenvalue weighted by molar-refractivity contribution is -0.115. The van der Waals surface area contributed by atoms with E-state index in [-0.39, 0.29) is 30.2 Å². The first kappa shape index (κ1) is 52.3. The molecule has 1 saturated heterocycles. The lowest BCUT2D eigenvalue weighted by Gasteiger charge is -2.33. The molecular formula is C61H78N2O4. The molecule has 1 saturated carbocycles. The molecule has 3 aromatic carbocycles. The number of hydrogen-bond acceptors (Lipinski definition) is 6. The minimum absolute atomic E-state index is 0. The number of ketones is 2. The Balaban J connectivity index is 0.000000315. The lowest BCUT2D eigenvalue weighted by atomic mass is 9.73. The number of nitrogens with zero attached hydrogens (tertiary/aromatic N) is 2. The summed E-state index contributed by atoms with van der Waals surface area (Å²) in [5.41, 5.74) is 11.4. The maximum Gasteiger partial charge on any atom is 0.172 e. The van der Waals surface area contributed by atoms with Crippen molar-refractivity contribution in [2.75, 3.05) is 26.2 Å². The van der Waals surface area contributed by atoms with Gasteiger partial charge in [-0.2, -0.15) is 0 Å². The molecule has 4 aromatic rings. The van der Waals surface area contributed by atoms with E-state index in [0.717, 1.165) is 99.1 Å². The van der Waals surface area contributed by atoms with Gasteiger partial charge in [-0.1, -0.05) is 101 Å². The van der Waals surface area contributed by atoms with Crippen LogP contribution in [-0.4, -0.2) is 59.9 Å². The Hall–Kier alpha value is -5.65. The van der Waals surface area contributed by atoms with Gasteiger partial charge in [0, 0.05) is 49.5 Å². The predicted molar refractivity (Wildman–Crippen MR) is 286 cm³/mol. The first-order valence-corrected chi connectivity index (χ1v) is 24.8. The van der Waals surface area contributed by atoms with E-state index in [1.165, 1.54) is 40.0 Å². The Kier molecular flexibility index (Phi) is 20.3. The number of carbonyl (C=O) groups excluding carboxylic acids is 2. The van der Waals surface area contributed by atoms with Crippen molar-refractivity contribution in [3.05, 3.63) is 158 Å². The molecule has 0 amide bonds. The predicted octanol–water partition coefficient (Wildman–Crippen LogP) is 15.3. The fraction of sp³-hybridized carbons (Fsp3) is 0.410. The van der Waals surface area contributed by atoms with Gasteiger partial charge < -0.3 is 14.4 Å². The maximum absolute atomic E-state index is 13.8. The molecule has 1 aromatic heterocycles. The second-order valence-electron chi connectivity index (χ2n) is 18.2. The number of benzene rings is 3. The molecule has 2 unspecified atom stereocenters. The second kappa shape index (κ2) is 26.0. The first-order valence-electron chi connectivity index (χ1n) is 24.8. The number of likely N-dealkylation sites (tertiary alicyclic amines) is 1. The van der Waals surface area contributed by atoms with Crippen molar-refractivity contribution in [2.24, 2.45) is 17.3 Å². The molecule has 1 aliphatic heterocycles. The molecule has 0 radical (unpaired) electrons. The van der Waals surface area contributed by atoms with Gasteiger partial charge >= 0.3 is 0 Å². The topological polar surface area (TPSA) is 68.7 Å². The van der Waals surface area contributed by atoms with Crippen molar-refractivity contribution in [3.63, 3.8) is 0 Å². The number of allylic oxidation sites excluding steroid dienone is 3. The number of unbranched alkanes of at least 4 members (excludes halogenated alkanes) is 2. The highest BCUT2D eigenvalue weighted by molar-refractivity contribution is 6.14. The van der Waals surface area contributed by atoms with Gasteiger partial charge in [0.15, 0.2) is 11.6 Å². The van der Waals surface area contributed by atoms with Gasteiger partial charge in [0.1, 0.15) is 5.75 Å². The Labute approximate surface area is 404 Å². The van der Waals surface area contributed by atoms with Crippen LogP contribution in [0.3, 0.4) is 0 Å². The minimum atomic E-state index is -0.292. The van der Waals surface area contributed by atoms with Gasteiger partial charge in [0.05, 0.1) is 24.7 Å². The smallest absolute Gasteiger partial charge is 0.172 e. The average molecular weight is 903 g/mol. The fourth-order valence-corrected chi connectivity index (χ4v) is 9.78. The molecule has 4 aliphatic rings. The van der Waals surface area contributed by atoms with Crippen LogP contribution in [0.1, 0.15) is 132 Å². The summed E-state index contributed by atoms with van der Waals surface area (Å²) in [7, 11) is 0. The van der Waals surface area contributed by atoms with Crippen LogP contribution in [0.5, 0.6) is 5.75 Å². The van der Waals surface area contributed by atoms with Gasteiger partial charge in [0.25, 0.3) is 0 Å². The summed E-state index contributed by atoms with van der Waals surface area (Å²) in [4.78, 5) is 32.7. The number of carbonyl (C=O) groups is 2. The molecular weight excluding hydrogens is 825 g/mol. The number of fused-ring (bicyclic) bond motifs is 2. The maximum atomic E-state index is 13.8. The summed E-state index contributed by atoms with van der Waals surface area (Å²) in [6, 6.07) is 20.9. The Bertz CT molecular complexity index is 2400. The van der Waals surface area contributed by atoms with E-state index in [4.69, 9.17) is 9.47 Å². The molecule has 67 heavy (non-hydrogen) atoms. The SMILES string of the molecule is C=C.C=C=C1c2ccc(OCCCCCN3CCC(OC4CC=CC4)CC3)cc2C(=O)C1C(CCC(=O)C=C)C1(C)CC1.C=Cc1c(/C=C\C)ccc2cc(-c3ccc(C)nc3)ccc12.CC.[HH]. The van der Waals surface area contributed by atoms with E-state index in [2.05, 4.69) is 116 Å². The van der Waals surface area contributed by atoms with E-state index >= 15 is 0 Å². The number of Topliss-reactive ketones (excluding diaryl/α,β-unsaturated/α-hetero) is 1. The van der Waals surface area contributed by atoms with E-state index in [0.29, 0.717) is 37.2 Å². The molecule has 2 heterocycles. The zero-order valence-corrected chi connectivity index (χ0v) is 41.3. The van der Waals surface area contributed by atoms with E-state index in [1.54, 1.807) is 0 Å². The fourth-order valence-electron chi connectivity index (χ4n) is 9.78. The average Bonchev–Trinajstić information content (AvgIpc) is 3.77. The zero-order chi connectivity index (χ0) is 48.3. The van der Waals surface area contributed by atoms with E-state index in [9.17, 15) is 9.59 Å². The van der Waals surface area contributed by atoms with Crippen LogP contribution in [0.2, 0.25) is 0 Å². The monoisotopic (exact) mass is 903 g/mol. The van der Waals surface area contributed by atoms with Gasteiger partial charge in [0.2, 0.25) is 0 Å². The van der Waals surface area contributed by atoms with Gasteiger partial charge in [-0.3, -0.25) is 14.6 Å². The van der Waals surface area contributed by atoms with E-state index in [1.807, 2.05) is 64.2 Å². The third-order valence-corrected chi connectivity index (χ3v) is 13.8. The molecule has 2 fully saturated rings. The number of rotatable bonds is 18. The standard InChI is InChI=1S/C36H47NO4.C21H19N.C2H6.C2H4.H2/c1-4-26(38)13-16-33(36(3)19-20-36)34-30(5-2)31-15-14-29(25-32(31)35(34)39)40-24-10-6-9-21-37-22-17-28(18-23-37)41-27-11-7-8-12-27;1-4-6-16-9-10-18-13-17(11-12-21(18)20(16)5-2)19-8-7-15(3)22-14-19;2*1-2;/h4,7-8,14-15,25,27-28,33-34H,1-2,6,9-13,16-24H2,3H3;4-14H,2H2,1,3H3;1-2H3;1-2H2;1H/b;6-4-;;;. The summed E-state index contributed by atoms with van der Waals surface area (Å²) in [6.45, 7) is 31.9. The highest BCUT2D eigenvalue weighted by atomic mass is 16.5. The van der Waals surface area contributed by atoms with Gasteiger partial charge in [-0.05, 0) is 165 Å². The molecule has 0 bridgehead atoms. The van der Waals surface area contributed by atoms with Crippen LogP contribution < -0.4 is 4.74 Å². The molecule has 6 nitrogen and oxygen atoms in total. The number of pyridine rings is 1. The Morgan fingerprint density at radius 1 is 0.940 bits per heavy atom.